The van der Waals surface area contributed by atoms with Gasteiger partial charge in [0.2, 0.25) is 11.8 Å². The molecule has 6 heteroatoms. The molecule has 2 heterocycles. The van der Waals surface area contributed by atoms with Crippen LogP contribution in [-0.4, -0.2) is 26.7 Å². The minimum Gasteiger partial charge on any atom is -0.354 e. The van der Waals surface area contributed by atoms with Gasteiger partial charge in [0.05, 0.1) is 0 Å². The van der Waals surface area contributed by atoms with E-state index in [1.54, 1.807) is 0 Å². The Hall–Kier alpha value is -1.98. The summed E-state index contributed by atoms with van der Waals surface area (Å²) in [5, 5.41) is 7.32. The van der Waals surface area contributed by atoms with Crippen molar-refractivity contribution in [2.45, 2.75) is 57.8 Å². The lowest BCUT2D eigenvalue weighted by Gasteiger charge is -2.17. The van der Waals surface area contributed by atoms with Gasteiger partial charge in [-0.05, 0) is 51.0 Å². The van der Waals surface area contributed by atoms with Gasteiger partial charge in [-0.2, -0.15) is 4.98 Å². The first kappa shape index (κ1) is 13.7. The first-order chi connectivity index (χ1) is 10.8. The minimum atomic E-state index is 0.515. The van der Waals surface area contributed by atoms with E-state index in [1.807, 2.05) is 0 Å². The van der Waals surface area contributed by atoms with Crippen LogP contribution in [0.3, 0.4) is 0 Å². The molecule has 0 spiro atoms. The molecule has 1 fully saturated rings. The fraction of sp³-hybridized carbons (Fsp3) is 0.625. The molecule has 0 bridgehead atoms. The molecular formula is C16H21N5O. The van der Waals surface area contributed by atoms with Crippen molar-refractivity contribution in [2.75, 3.05) is 11.9 Å². The van der Waals surface area contributed by atoms with Crippen molar-refractivity contribution in [1.29, 1.82) is 0 Å². The number of aromatic nitrogens is 4. The van der Waals surface area contributed by atoms with Crippen molar-refractivity contribution in [1.82, 2.24) is 20.1 Å². The van der Waals surface area contributed by atoms with Gasteiger partial charge in [0.1, 0.15) is 0 Å². The molecule has 0 aromatic carbocycles. The van der Waals surface area contributed by atoms with E-state index in [9.17, 15) is 0 Å². The van der Waals surface area contributed by atoms with Crippen LogP contribution in [-0.2, 0) is 19.3 Å². The summed E-state index contributed by atoms with van der Waals surface area (Å²) in [6, 6.07) is 0. The third-order valence-electron chi connectivity index (χ3n) is 4.43. The Morgan fingerprint density at radius 1 is 1.14 bits per heavy atom. The lowest BCUT2D eigenvalue weighted by atomic mass is 9.95. The second kappa shape index (κ2) is 5.66. The lowest BCUT2D eigenvalue weighted by molar-refractivity contribution is 0.374. The van der Waals surface area contributed by atoms with Crippen LogP contribution in [0.5, 0.6) is 0 Å². The van der Waals surface area contributed by atoms with Crippen molar-refractivity contribution in [2.24, 2.45) is 0 Å². The van der Waals surface area contributed by atoms with Crippen LogP contribution in [0.25, 0.3) is 0 Å². The molecule has 22 heavy (non-hydrogen) atoms. The Bertz CT molecular complexity index is 677. The van der Waals surface area contributed by atoms with Gasteiger partial charge < -0.3 is 9.84 Å². The van der Waals surface area contributed by atoms with Crippen molar-refractivity contribution < 1.29 is 4.52 Å². The fourth-order valence-corrected chi connectivity index (χ4v) is 3.01. The van der Waals surface area contributed by atoms with E-state index in [-0.39, 0.29) is 0 Å². The van der Waals surface area contributed by atoms with Crippen molar-refractivity contribution >= 4 is 5.95 Å². The summed E-state index contributed by atoms with van der Waals surface area (Å²) in [6.45, 7) is 2.81. The molecule has 6 nitrogen and oxygen atoms in total. The monoisotopic (exact) mass is 299 g/mol. The number of hydrogen-bond acceptors (Lipinski definition) is 6. The number of nitrogens with zero attached hydrogens (tertiary/aromatic N) is 4. The van der Waals surface area contributed by atoms with Crippen LogP contribution in [0, 0.1) is 6.92 Å². The van der Waals surface area contributed by atoms with Crippen LogP contribution >= 0.6 is 0 Å². The second-order valence-electron chi connectivity index (χ2n) is 6.26. The highest BCUT2D eigenvalue weighted by Crippen LogP contribution is 2.38. The maximum absolute atomic E-state index is 5.26. The average Bonchev–Trinajstić information content (AvgIpc) is 3.27. The van der Waals surface area contributed by atoms with Crippen LogP contribution < -0.4 is 5.32 Å². The molecule has 0 atom stereocenters. The number of anilines is 1. The summed E-state index contributed by atoms with van der Waals surface area (Å²) in [5.41, 5.74) is 3.68. The van der Waals surface area contributed by atoms with E-state index < -0.39 is 0 Å². The number of aryl methyl sites for hydroxylation is 2. The summed E-state index contributed by atoms with van der Waals surface area (Å²) in [6.07, 6.45) is 7.78. The Balaban J connectivity index is 1.37. The molecule has 1 N–H and O–H groups in total. The van der Waals surface area contributed by atoms with E-state index >= 15 is 0 Å². The number of fused-ring (bicyclic) bond motifs is 1. The summed E-state index contributed by atoms with van der Waals surface area (Å²) in [5.74, 6) is 2.81. The van der Waals surface area contributed by atoms with Crippen LogP contribution in [0.15, 0.2) is 4.52 Å². The highest BCUT2D eigenvalue weighted by Gasteiger charge is 2.29. The standard InChI is InChI=1S/C16H21N5O/c1-10-12-4-2-3-5-13(12)19-16(18-10)17-9-8-14-20-15(22-21-14)11-6-7-11/h11H,2-9H2,1H3,(H,17,18,19). The van der Waals surface area contributed by atoms with Crippen LogP contribution in [0.4, 0.5) is 5.95 Å². The van der Waals surface area contributed by atoms with Gasteiger partial charge in [-0.1, -0.05) is 5.16 Å². The van der Waals surface area contributed by atoms with Gasteiger partial charge in [-0.15, -0.1) is 0 Å². The maximum Gasteiger partial charge on any atom is 0.229 e. The van der Waals surface area contributed by atoms with Crippen molar-refractivity contribution in [3.63, 3.8) is 0 Å². The molecule has 1 saturated carbocycles. The second-order valence-corrected chi connectivity index (χ2v) is 6.26. The molecule has 2 aromatic rings. The molecule has 0 radical (unpaired) electrons. The SMILES string of the molecule is Cc1nc(NCCc2noc(C3CC3)n2)nc2c1CCCC2. The molecule has 0 saturated heterocycles. The Morgan fingerprint density at radius 3 is 2.86 bits per heavy atom. The van der Waals surface area contributed by atoms with E-state index in [1.165, 1.54) is 36.9 Å². The predicted octanol–water partition coefficient (Wildman–Crippen LogP) is 2.58. The topological polar surface area (TPSA) is 76.7 Å². The summed E-state index contributed by atoms with van der Waals surface area (Å²) in [7, 11) is 0. The predicted molar refractivity (Wildman–Crippen MR) is 81.9 cm³/mol. The number of nitrogens with one attached hydrogen (secondary N) is 1. The van der Waals surface area contributed by atoms with Gasteiger partial charge in [-0.3, -0.25) is 0 Å². The normalized spacial score (nSPS) is 17.3. The van der Waals surface area contributed by atoms with Gasteiger partial charge in [0.15, 0.2) is 5.82 Å². The largest absolute Gasteiger partial charge is 0.354 e. The molecule has 0 unspecified atom stereocenters. The molecule has 116 valence electrons. The third kappa shape index (κ3) is 2.82. The maximum atomic E-state index is 5.26. The molecule has 2 aliphatic rings. The highest BCUT2D eigenvalue weighted by molar-refractivity contribution is 5.35. The van der Waals surface area contributed by atoms with E-state index in [0.29, 0.717) is 5.92 Å². The lowest BCUT2D eigenvalue weighted by Crippen LogP contribution is -2.14. The smallest absolute Gasteiger partial charge is 0.229 e. The zero-order valence-electron chi connectivity index (χ0n) is 12.9. The summed E-state index contributed by atoms with van der Waals surface area (Å²) in [4.78, 5) is 13.7. The summed E-state index contributed by atoms with van der Waals surface area (Å²) < 4.78 is 5.26. The zero-order valence-corrected chi connectivity index (χ0v) is 12.9. The quantitative estimate of drug-likeness (QED) is 0.914. The zero-order chi connectivity index (χ0) is 14.9. The average molecular weight is 299 g/mol. The molecule has 0 amide bonds. The van der Waals surface area contributed by atoms with Gasteiger partial charge in [0.25, 0.3) is 0 Å². The molecule has 0 aliphatic heterocycles. The Morgan fingerprint density at radius 2 is 2.00 bits per heavy atom. The minimum absolute atomic E-state index is 0.515. The molecule has 2 aliphatic carbocycles. The highest BCUT2D eigenvalue weighted by atomic mass is 16.5. The fourth-order valence-electron chi connectivity index (χ4n) is 3.01. The third-order valence-corrected chi connectivity index (χ3v) is 4.43. The van der Waals surface area contributed by atoms with E-state index in [2.05, 4.69) is 32.3 Å². The summed E-state index contributed by atoms with van der Waals surface area (Å²) >= 11 is 0. The Kier molecular flexibility index (Phi) is 3.52. The Labute approximate surface area is 129 Å². The van der Waals surface area contributed by atoms with Crippen molar-refractivity contribution in [3.05, 3.63) is 28.7 Å². The number of rotatable bonds is 5. The van der Waals surface area contributed by atoms with Gasteiger partial charge >= 0.3 is 0 Å². The van der Waals surface area contributed by atoms with Gasteiger partial charge in [0, 0.05) is 30.3 Å². The first-order valence-corrected chi connectivity index (χ1v) is 8.22. The van der Waals surface area contributed by atoms with Crippen LogP contribution in [0.1, 0.15) is 60.3 Å². The van der Waals surface area contributed by atoms with Gasteiger partial charge in [-0.25, -0.2) is 9.97 Å². The molecule has 4 rings (SSSR count). The van der Waals surface area contributed by atoms with E-state index in [4.69, 9.17) is 4.52 Å². The first-order valence-electron chi connectivity index (χ1n) is 8.22. The number of hydrogen-bond donors (Lipinski definition) is 1. The van der Waals surface area contributed by atoms with Crippen molar-refractivity contribution in [3.8, 4) is 0 Å². The van der Waals surface area contributed by atoms with E-state index in [0.717, 1.165) is 49.2 Å². The van der Waals surface area contributed by atoms with Crippen LogP contribution in [0.2, 0.25) is 0 Å². The molecule has 2 aromatic heterocycles. The molecular weight excluding hydrogens is 278 g/mol.